The topological polar surface area (TPSA) is 29.1 Å². The molecule has 0 bridgehead atoms. The van der Waals surface area contributed by atoms with Crippen LogP contribution in [0.1, 0.15) is 29.9 Å². The molecule has 1 aromatic rings. The summed E-state index contributed by atoms with van der Waals surface area (Å²) in [6, 6.07) is 8.34. The molecule has 2 rings (SSSR count). The number of fused-ring (bicyclic) bond motifs is 1. The van der Waals surface area contributed by atoms with Gasteiger partial charge < -0.3 is 5.32 Å². The molecule has 0 radical (unpaired) electrons. The lowest BCUT2D eigenvalue weighted by molar-refractivity contribution is -0.122. The molecular formula is C13H16INO. The van der Waals surface area contributed by atoms with Crippen LogP contribution in [0, 0.1) is 0 Å². The number of carbonyl (C=O) groups excluding carboxylic acids is 1. The summed E-state index contributed by atoms with van der Waals surface area (Å²) < 4.78 is 0.970. The predicted molar refractivity (Wildman–Crippen MR) is 74.0 cm³/mol. The van der Waals surface area contributed by atoms with Gasteiger partial charge in [0, 0.05) is 11.0 Å². The Kier molecular flexibility index (Phi) is 4.21. The summed E-state index contributed by atoms with van der Waals surface area (Å²) in [5.41, 5.74) is 2.59. The number of alkyl halides is 1. The number of halogens is 1. The minimum atomic E-state index is 0.0768. The molecule has 3 heteroatoms. The summed E-state index contributed by atoms with van der Waals surface area (Å²) in [6.45, 7) is 0.776. The molecule has 0 fully saturated rings. The third kappa shape index (κ3) is 2.56. The van der Waals surface area contributed by atoms with Crippen molar-refractivity contribution in [3.63, 3.8) is 0 Å². The summed E-state index contributed by atoms with van der Waals surface area (Å²) in [5, 5.41) is 3.00. The molecule has 0 aromatic heterocycles. The molecule has 1 amide bonds. The predicted octanol–water partition coefficient (Wildman–Crippen LogP) is 2.66. The van der Waals surface area contributed by atoms with E-state index in [2.05, 4.69) is 46.1 Å². The first kappa shape index (κ1) is 11.9. The Bertz CT molecular complexity index is 378. The summed E-state index contributed by atoms with van der Waals surface area (Å²) in [7, 11) is 0. The van der Waals surface area contributed by atoms with Gasteiger partial charge in [-0.1, -0.05) is 46.9 Å². The lowest BCUT2D eigenvalue weighted by Crippen LogP contribution is -2.32. The van der Waals surface area contributed by atoms with Crippen LogP contribution in [0.5, 0.6) is 0 Å². The Morgan fingerprint density at radius 3 is 3.06 bits per heavy atom. The largest absolute Gasteiger partial charge is 0.355 e. The van der Waals surface area contributed by atoms with Gasteiger partial charge in [-0.2, -0.15) is 0 Å². The molecule has 1 N–H and O–H groups in total. The minimum absolute atomic E-state index is 0.0768. The van der Waals surface area contributed by atoms with E-state index in [1.54, 1.807) is 0 Å². The highest BCUT2D eigenvalue weighted by Crippen LogP contribution is 2.31. The van der Waals surface area contributed by atoms with Crippen LogP contribution in [-0.4, -0.2) is 16.9 Å². The van der Waals surface area contributed by atoms with Gasteiger partial charge in [0.15, 0.2) is 0 Å². The highest BCUT2D eigenvalue weighted by molar-refractivity contribution is 14.1. The summed E-state index contributed by atoms with van der Waals surface area (Å²) in [5.74, 6) is 0.275. The average Bonchev–Trinajstić information content (AvgIpc) is 2.35. The maximum absolute atomic E-state index is 12.0. The van der Waals surface area contributed by atoms with Gasteiger partial charge >= 0.3 is 0 Å². The minimum Gasteiger partial charge on any atom is -0.355 e. The van der Waals surface area contributed by atoms with Crippen molar-refractivity contribution >= 4 is 28.5 Å². The number of hydrogen-bond acceptors (Lipinski definition) is 1. The summed E-state index contributed by atoms with van der Waals surface area (Å²) in [4.78, 5) is 12.0. The number of nitrogens with one attached hydrogen (secondary N) is 1. The second-order valence-electron chi connectivity index (χ2n) is 4.12. The average molecular weight is 329 g/mol. The zero-order valence-electron chi connectivity index (χ0n) is 9.21. The molecule has 0 saturated heterocycles. The van der Waals surface area contributed by atoms with Crippen LogP contribution in [-0.2, 0) is 11.2 Å². The number of aryl methyl sites for hydroxylation is 1. The van der Waals surface area contributed by atoms with Gasteiger partial charge in [0.1, 0.15) is 0 Å². The molecule has 2 nitrogen and oxygen atoms in total. The van der Waals surface area contributed by atoms with E-state index in [1.807, 2.05) is 6.07 Å². The highest BCUT2D eigenvalue weighted by Gasteiger charge is 2.25. The number of hydrogen-bond donors (Lipinski definition) is 1. The summed E-state index contributed by atoms with van der Waals surface area (Å²) in [6.07, 6.45) is 3.23. The van der Waals surface area contributed by atoms with Crippen molar-refractivity contribution in [3.8, 4) is 0 Å². The molecule has 1 unspecified atom stereocenters. The number of benzene rings is 1. The van der Waals surface area contributed by atoms with E-state index in [-0.39, 0.29) is 11.8 Å². The lowest BCUT2D eigenvalue weighted by Gasteiger charge is -2.24. The van der Waals surface area contributed by atoms with Crippen molar-refractivity contribution in [1.82, 2.24) is 5.32 Å². The second kappa shape index (κ2) is 5.66. The second-order valence-corrected chi connectivity index (χ2v) is 5.20. The number of rotatable bonds is 3. The van der Waals surface area contributed by atoms with Gasteiger partial charge in [-0.05, 0) is 30.4 Å². The van der Waals surface area contributed by atoms with Crippen molar-refractivity contribution in [1.29, 1.82) is 0 Å². The van der Waals surface area contributed by atoms with Crippen molar-refractivity contribution in [3.05, 3.63) is 35.4 Å². The molecule has 1 atom stereocenters. The normalized spacial score (nSPS) is 18.9. The van der Waals surface area contributed by atoms with Gasteiger partial charge in [-0.25, -0.2) is 0 Å². The molecule has 0 spiro atoms. The molecule has 0 heterocycles. The number of carbonyl (C=O) groups is 1. The zero-order chi connectivity index (χ0) is 11.4. The third-order valence-corrected chi connectivity index (χ3v) is 3.62. The van der Waals surface area contributed by atoms with E-state index in [0.717, 1.165) is 30.2 Å². The first-order chi connectivity index (χ1) is 7.83. The Morgan fingerprint density at radius 1 is 1.44 bits per heavy atom. The SMILES string of the molecule is O=C(NCCI)C1CCCc2ccccc21. The van der Waals surface area contributed by atoms with Gasteiger partial charge in [0.2, 0.25) is 5.91 Å². The Balaban J connectivity index is 2.15. The van der Waals surface area contributed by atoms with Gasteiger partial charge in [0.05, 0.1) is 5.92 Å². The molecule has 0 aliphatic heterocycles. The van der Waals surface area contributed by atoms with Crippen LogP contribution < -0.4 is 5.32 Å². The van der Waals surface area contributed by atoms with Crippen molar-refractivity contribution < 1.29 is 4.79 Å². The molecule has 0 saturated carbocycles. The number of amides is 1. The van der Waals surface area contributed by atoms with Crippen LogP contribution in [0.3, 0.4) is 0 Å². The van der Waals surface area contributed by atoms with Crippen LogP contribution in [0.25, 0.3) is 0 Å². The fourth-order valence-corrected chi connectivity index (χ4v) is 2.59. The van der Waals surface area contributed by atoms with Gasteiger partial charge in [-0.15, -0.1) is 0 Å². The Hall–Kier alpha value is -0.580. The quantitative estimate of drug-likeness (QED) is 0.670. The third-order valence-electron chi connectivity index (χ3n) is 3.08. The highest BCUT2D eigenvalue weighted by atomic mass is 127. The van der Waals surface area contributed by atoms with Crippen molar-refractivity contribution in [2.24, 2.45) is 0 Å². The fourth-order valence-electron chi connectivity index (χ4n) is 2.32. The Labute approximate surface area is 110 Å². The smallest absolute Gasteiger partial charge is 0.227 e. The van der Waals surface area contributed by atoms with E-state index in [4.69, 9.17) is 0 Å². The van der Waals surface area contributed by atoms with E-state index in [9.17, 15) is 4.79 Å². The molecular weight excluding hydrogens is 313 g/mol. The fraction of sp³-hybridized carbons (Fsp3) is 0.462. The molecule has 1 aliphatic carbocycles. The molecule has 1 aromatic carbocycles. The maximum atomic E-state index is 12.0. The first-order valence-corrected chi connectivity index (χ1v) is 7.27. The monoisotopic (exact) mass is 329 g/mol. The van der Waals surface area contributed by atoms with Crippen molar-refractivity contribution in [2.75, 3.05) is 11.0 Å². The van der Waals surface area contributed by atoms with Gasteiger partial charge in [0.25, 0.3) is 0 Å². The van der Waals surface area contributed by atoms with E-state index in [0.29, 0.717) is 0 Å². The summed E-state index contributed by atoms with van der Waals surface area (Å²) >= 11 is 2.28. The van der Waals surface area contributed by atoms with Crippen LogP contribution in [0.15, 0.2) is 24.3 Å². The Morgan fingerprint density at radius 2 is 2.25 bits per heavy atom. The molecule has 16 heavy (non-hydrogen) atoms. The van der Waals surface area contributed by atoms with E-state index in [1.165, 1.54) is 11.1 Å². The van der Waals surface area contributed by atoms with E-state index < -0.39 is 0 Å². The first-order valence-electron chi connectivity index (χ1n) is 5.74. The van der Waals surface area contributed by atoms with E-state index >= 15 is 0 Å². The lowest BCUT2D eigenvalue weighted by atomic mass is 9.82. The van der Waals surface area contributed by atoms with Crippen LogP contribution in [0.4, 0.5) is 0 Å². The standard InChI is InChI=1S/C13H16INO/c14-8-9-15-13(16)12-7-3-5-10-4-1-2-6-11(10)12/h1-2,4,6,12H,3,5,7-9H2,(H,15,16). The van der Waals surface area contributed by atoms with Crippen molar-refractivity contribution in [2.45, 2.75) is 25.2 Å². The molecule has 86 valence electrons. The zero-order valence-corrected chi connectivity index (χ0v) is 11.4. The maximum Gasteiger partial charge on any atom is 0.227 e. The van der Waals surface area contributed by atoms with Crippen LogP contribution in [0.2, 0.25) is 0 Å². The van der Waals surface area contributed by atoms with Gasteiger partial charge in [-0.3, -0.25) is 4.79 Å². The van der Waals surface area contributed by atoms with Crippen LogP contribution >= 0.6 is 22.6 Å². The molecule has 1 aliphatic rings.